The highest BCUT2D eigenvalue weighted by molar-refractivity contribution is 4.85. The van der Waals surface area contributed by atoms with Gasteiger partial charge >= 0.3 is 0 Å². The lowest BCUT2D eigenvalue weighted by atomic mass is 9.97. The molecular weight excluding hydrogens is 184 g/mol. The van der Waals surface area contributed by atoms with Crippen LogP contribution in [-0.2, 0) is 0 Å². The van der Waals surface area contributed by atoms with Crippen LogP contribution >= 0.6 is 0 Å². The Labute approximate surface area is 94.2 Å². The zero-order chi connectivity index (χ0) is 10.7. The Balaban J connectivity index is 1.79. The fraction of sp³-hybridized carbons (Fsp3) is 1.00. The molecule has 3 atom stereocenters. The molecule has 2 heteroatoms. The fourth-order valence-electron chi connectivity index (χ4n) is 3.44. The summed E-state index contributed by atoms with van der Waals surface area (Å²) in [4.78, 5) is 2.75. The van der Waals surface area contributed by atoms with Crippen LogP contribution in [0.4, 0.5) is 0 Å². The zero-order valence-corrected chi connectivity index (χ0v) is 10.1. The van der Waals surface area contributed by atoms with Crippen molar-refractivity contribution in [2.45, 2.75) is 51.5 Å². The van der Waals surface area contributed by atoms with Crippen LogP contribution in [0.15, 0.2) is 0 Å². The summed E-state index contributed by atoms with van der Waals surface area (Å²) in [6.07, 6.45) is 8.38. The van der Waals surface area contributed by atoms with Crippen molar-refractivity contribution in [1.29, 1.82) is 0 Å². The Morgan fingerprint density at radius 3 is 2.87 bits per heavy atom. The van der Waals surface area contributed by atoms with Gasteiger partial charge in [0.25, 0.3) is 0 Å². The van der Waals surface area contributed by atoms with Gasteiger partial charge in [-0.2, -0.15) is 0 Å². The van der Waals surface area contributed by atoms with Crippen LogP contribution in [0.1, 0.15) is 45.4 Å². The summed E-state index contributed by atoms with van der Waals surface area (Å²) in [5, 5.41) is 0. The smallest absolute Gasteiger partial charge is 0.00981 e. The Morgan fingerprint density at radius 1 is 1.27 bits per heavy atom. The van der Waals surface area contributed by atoms with Crippen molar-refractivity contribution in [1.82, 2.24) is 4.90 Å². The Kier molecular flexibility index (Phi) is 4.04. The number of rotatable bonds is 3. The van der Waals surface area contributed by atoms with E-state index in [9.17, 15) is 0 Å². The van der Waals surface area contributed by atoms with Crippen molar-refractivity contribution in [3.8, 4) is 0 Å². The minimum atomic E-state index is 0.883. The lowest BCUT2D eigenvalue weighted by Crippen LogP contribution is -2.40. The van der Waals surface area contributed by atoms with Crippen molar-refractivity contribution in [3.05, 3.63) is 0 Å². The normalized spacial score (nSPS) is 38.4. The molecule has 2 rings (SSSR count). The highest BCUT2D eigenvalue weighted by atomic mass is 15.2. The summed E-state index contributed by atoms with van der Waals surface area (Å²) in [5.41, 5.74) is 5.64. The molecule has 1 saturated carbocycles. The summed E-state index contributed by atoms with van der Waals surface area (Å²) in [5.74, 6) is 1.85. The first-order valence-electron chi connectivity index (χ1n) is 6.73. The quantitative estimate of drug-likeness (QED) is 0.774. The standard InChI is InChI=1S/C13H26N2/c1-11-3-2-8-15(10-11)13-5-4-12(9-13)6-7-14/h11-13H,2-10,14H2,1H3. The van der Waals surface area contributed by atoms with E-state index >= 15 is 0 Å². The van der Waals surface area contributed by atoms with E-state index in [1.165, 1.54) is 51.6 Å². The van der Waals surface area contributed by atoms with Crippen molar-refractivity contribution in [2.24, 2.45) is 17.6 Å². The Hall–Kier alpha value is -0.0800. The molecule has 2 nitrogen and oxygen atoms in total. The number of hydrogen-bond donors (Lipinski definition) is 1. The van der Waals surface area contributed by atoms with Gasteiger partial charge in [-0.1, -0.05) is 6.92 Å². The predicted octanol–water partition coefficient (Wildman–Crippen LogP) is 2.24. The van der Waals surface area contributed by atoms with Crippen LogP contribution in [0, 0.1) is 11.8 Å². The molecule has 0 amide bonds. The van der Waals surface area contributed by atoms with E-state index in [0.717, 1.165) is 24.4 Å². The number of piperidine rings is 1. The lowest BCUT2D eigenvalue weighted by Gasteiger charge is -2.35. The van der Waals surface area contributed by atoms with Gasteiger partial charge in [0.05, 0.1) is 0 Å². The van der Waals surface area contributed by atoms with Gasteiger partial charge in [-0.3, -0.25) is 0 Å². The maximum Gasteiger partial charge on any atom is 0.00981 e. The van der Waals surface area contributed by atoms with Crippen LogP contribution in [0.3, 0.4) is 0 Å². The molecule has 2 aliphatic rings. The SMILES string of the molecule is CC1CCCN(C2CCC(CCN)C2)C1. The van der Waals surface area contributed by atoms with E-state index in [1.54, 1.807) is 0 Å². The minimum absolute atomic E-state index is 0.883. The number of likely N-dealkylation sites (tertiary alicyclic amines) is 1. The molecule has 1 saturated heterocycles. The highest BCUT2D eigenvalue weighted by Gasteiger charge is 2.30. The Bertz CT molecular complexity index is 193. The van der Waals surface area contributed by atoms with E-state index < -0.39 is 0 Å². The average Bonchev–Trinajstić information content (AvgIpc) is 2.67. The van der Waals surface area contributed by atoms with Crippen molar-refractivity contribution < 1.29 is 0 Å². The maximum absolute atomic E-state index is 5.64. The van der Waals surface area contributed by atoms with Gasteiger partial charge in [-0.05, 0) is 63.5 Å². The molecule has 1 heterocycles. The molecule has 0 spiro atoms. The molecule has 0 aromatic heterocycles. The second-order valence-electron chi connectivity index (χ2n) is 5.65. The molecule has 15 heavy (non-hydrogen) atoms. The third-order valence-electron chi connectivity index (χ3n) is 4.29. The van der Waals surface area contributed by atoms with Crippen LogP contribution < -0.4 is 5.73 Å². The second kappa shape index (κ2) is 5.31. The van der Waals surface area contributed by atoms with E-state index in [4.69, 9.17) is 5.73 Å². The summed E-state index contributed by atoms with van der Waals surface area (Å²) in [6, 6.07) is 0.893. The van der Waals surface area contributed by atoms with Crippen LogP contribution in [0.2, 0.25) is 0 Å². The number of nitrogens with two attached hydrogens (primary N) is 1. The van der Waals surface area contributed by atoms with Gasteiger partial charge in [0.1, 0.15) is 0 Å². The summed E-state index contributed by atoms with van der Waals surface area (Å²) >= 11 is 0. The average molecular weight is 210 g/mol. The fourth-order valence-corrected chi connectivity index (χ4v) is 3.44. The molecular formula is C13H26N2. The molecule has 2 N–H and O–H groups in total. The van der Waals surface area contributed by atoms with Gasteiger partial charge in [0.15, 0.2) is 0 Å². The van der Waals surface area contributed by atoms with Gasteiger partial charge in [-0.15, -0.1) is 0 Å². The van der Waals surface area contributed by atoms with Gasteiger partial charge in [0, 0.05) is 12.6 Å². The monoisotopic (exact) mass is 210 g/mol. The molecule has 1 aliphatic heterocycles. The highest BCUT2D eigenvalue weighted by Crippen LogP contribution is 2.33. The second-order valence-corrected chi connectivity index (χ2v) is 5.65. The van der Waals surface area contributed by atoms with E-state index in [1.807, 2.05) is 0 Å². The molecule has 3 unspecified atom stereocenters. The van der Waals surface area contributed by atoms with Crippen molar-refractivity contribution in [2.75, 3.05) is 19.6 Å². The predicted molar refractivity (Wildman–Crippen MR) is 64.8 cm³/mol. The third-order valence-corrected chi connectivity index (χ3v) is 4.29. The largest absolute Gasteiger partial charge is 0.330 e. The van der Waals surface area contributed by atoms with Crippen LogP contribution in [-0.4, -0.2) is 30.6 Å². The topological polar surface area (TPSA) is 29.3 Å². The van der Waals surface area contributed by atoms with E-state index in [0.29, 0.717) is 0 Å². The van der Waals surface area contributed by atoms with Gasteiger partial charge < -0.3 is 10.6 Å². The molecule has 2 fully saturated rings. The van der Waals surface area contributed by atoms with E-state index in [2.05, 4.69) is 11.8 Å². The minimum Gasteiger partial charge on any atom is -0.330 e. The number of nitrogens with zero attached hydrogens (tertiary/aromatic N) is 1. The lowest BCUT2D eigenvalue weighted by molar-refractivity contribution is 0.129. The molecule has 0 radical (unpaired) electrons. The van der Waals surface area contributed by atoms with E-state index in [-0.39, 0.29) is 0 Å². The third kappa shape index (κ3) is 2.94. The molecule has 0 aromatic rings. The Morgan fingerprint density at radius 2 is 2.13 bits per heavy atom. The first-order chi connectivity index (χ1) is 7.29. The first kappa shape index (κ1) is 11.4. The molecule has 0 aromatic carbocycles. The first-order valence-corrected chi connectivity index (χ1v) is 6.73. The summed E-state index contributed by atoms with van der Waals surface area (Å²) in [6.45, 7) is 5.98. The van der Waals surface area contributed by atoms with Crippen LogP contribution in [0.5, 0.6) is 0 Å². The van der Waals surface area contributed by atoms with Gasteiger partial charge in [0.2, 0.25) is 0 Å². The number of hydrogen-bond acceptors (Lipinski definition) is 2. The molecule has 88 valence electrons. The van der Waals surface area contributed by atoms with Crippen LogP contribution in [0.25, 0.3) is 0 Å². The molecule has 1 aliphatic carbocycles. The summed E-state index contributed by atoms with van der Waals surface area (Å²) in [7, 11) is 0. The maximum atomic E-state index is 5.64. The zero-order valence-electron chi connectivity index (χ0n) is 10.1. The van der Waals surface area contributed by atoms with Crippen molar-refractivity contribution in [3.63, 3.8) is 0 Å². The summed E-state index contributed by atoms with van der Waals surface area (Å²) < 4.78 is 0. The molecule has 0 bridgehead atoms. The van der Waals surface area contributed by atoms with Gasteiger partial charge in [-0.25, -0.2) is 0 Å². The van der Waals surface area contributed by atoms with Crippen molar-refractivity contribution >= 4 is 0 Å².